The highest BCUT2D eigenvalue weighted by atomic mass is 35.5. The molecular formula is C12H12ClFN2O2. The fourth-order valence-corrected chi connectivity index (χ4v) is 2.00. The monoisotopic (exact) mass is 270 g/mol. The Morgan fingerprint density at radius 2 is 2.22 bits per heavy atom. The van der Waals surface area contributed by atoms with Crippen LogP contribution in [0.3, 0.4) is 0 Å². The van der Waals surface area contributed by atoms with Crippen LogP contribution < -0.4 is 4.74 Å². The van der Waals surface area contributed by atoms with Crippen molar-refractivity contribution in [2.45, 2.75) is 6.10 Å². The number of aliphatic hydroxyl groups excluding tert-OH is 1. The Bertz CT molecular complexity index is 552. The van der Waals surface area contributed by atoms with Gasteiger partial charge in [-0.05, 0) is 17.7 Å². The summed E-state index contributed by atoms with van der Waals surface area (Å²) in [5, 5.41) is 14.5. The predicted octanol–water partition coefficient (Wildman–Crippen LogP) is 2.30. The molecule has 1 aromatic heterocycles. The summed E-state index contributed by atoms with van der Waals surface area (Å²) in [7, 11) is 3.04. The van der Waals surface area contributed by atoms with Crippen molar-refractivity contribution in [3.63, 3.8) is 0 Å². The molecule has 0 fully saturated rings. The predicted molar refractivity (Wildman–Crippen MR) is 65.2 cm³/mol. The highest BCUT2D eigenvalue weighted by Crippen LogP contribution is 2.30. The molecular weight excluding hydrogens is 259 g/mol. The zero-order chi connectivity index (χ0) is 13.3. The molecule has 1 heterocycles. The van der Waals surface area contributed by atoms with Crippen LogP contribution in [-0.4, -0.2) is 22.0 Å². The molecule has 2 aromatic rings. The van der Waals surface area contributed by atoms with Crippen LogP contribution in [0.2, 0.25) is 5.02 Å². The van der Waals surface area contributed by atoms with E-state index in [9.17, 15) is 9.50 Å². The first-order valence-electron chi connectivity index (χ1n) is 5.23. The smallest absolute Gasteiger partial charge is 0.165 e. The molecule has 0 amide bonds. The lowest BCUT2D eigenvalue weighted by Gasteiger charge is -2.13. The molecule has 0 radical (unpaired) electrons. The Hall–Kier alpha value is -1.59. The third-order valence-corrected chi connectivity index (χ3v) is 2.98. The minimum atomic E-state index is -0.987. The number of hydrogen-bond acceptors (Lipinski definition) is 3. The highest BCUT2D eigenvalue weighted by molar-refractivity contribution is 6.31. The molecule has 1 N–H and O–H groups in total. The Kier molecular flexibility index (Phi) is 3.54. The number of benzene rings is 1. The van der Waals surface area contributed by atoms with Crippen molar-refractivity contribution < 1.29 is 14.2 Å². The van der Waals surface area contributed by atoms with Crippen LogP contribution in [0.25, 0.3) is 0 Å². The van der Waals surface area contributed by atoms with Crippen LogP contribution in [0, 0.1) is 5.82 Å². The van der Waals surface area contributed by atoms with Gasteiger partial charge in [0.05, 0.1) is 24.0 Å². The van der Waals surface area contributed by atoms with Crippen molar-refractivity contribution in [2.75, 3.05) is 7.11 Å². The molecule has 1 atom stereocenters. The molecule has 96 valence electrons. The molecule has 2 rings (SSSR count). The molecule has 0 aliphatic heterocycles. The van der Waals surface area contributed by atoms with Crippen LogP contribution >= 0.6 is 11.6 Å². The van der Waals surface area contributed by atoms with E-state index in [1.54, 1.807) is 7.05 Å². The zero-order valence-electron chi connectivity index (χ0n) is 9.89. The first-order chi connectivity index (χ1) is 8.54. The van der Waals surface area contributed by atoms with E-state index < -0.39 is 11.9 Å². The Morgan fingerprint density at radius 3 is 2.78 bits per heavy atom. The number of hydrogen-bond donors (Lipinski definition) is 1. The summed E-state index contributed by atoms with van der Waals surface area (Å²) in [4.78, 5) is 0. The molecule has 0 bridgehead atoms. The average molecular weight is 271 g/mol. The maximum Gasteiger partial charge on any atom is 0.165 e. The average Bonchev–Trinajstić information content (AvgIpc) is 2.69. The van der Waals surface area contributed by atoms with E-state index in [1.807, 2.05) is 0 Å². The number of aryl methyl sites for hydroxylation is 1. The van der Waals surface area contributed by atoms with Gasteiger partial charge in [-0.25, -0.2) is 4.39 Å². The highest BCUT2D eigenvalue weighted by Gasteiger charge is 2.19. The summed E-state index contributed by atoms with van der Waals surface area (Å²) in [5.41, 5.74) is 0.934. The third kappa shape index (κ3) is 2.19. The van der Waals surface area contributed by atoms with E-state index in [1.165, 1.54) is 36.2 Å². The van der Waals surface area contributed by atoms with Crippen LogP contribution in [0.1, 0.15) is 17.4 Å². The number of halogens is 2. The molecule has 1 unspecified atom stereocenters. The quantitative estimate of drug-likeness (QED) is 0.931. The summed E-state index contributed by atoms with van der Waals surface area (Å²) in [5.74, 6) is -0.408. The maximum atomic E-state index is 13.3. The van der Waals surface area contributed by atoms with Crippen LogP contribution in [0.5, 0.6) is 5.75 Å². The first kappa shape index (κ1) is 12.9. The number of aromatic nitrogens is 2. The molecule has 0 spiro atoms. The Balaban J connectivity index is 2.43. The number of aliphatic hydroxyl groups is 1. The molecule has 6 heteroatoms. The summed E-state index contributed by atoms with van der Waals surface area (Å²) >= 11 is 5.95. The van der Waals surface area contributed by atoms with E-state index in [0.717, 1.165) is 0 Å². The third-order valence-electron chi connectivity index (χ3n) is 2.69. The van der Waals surface area contributed by atoms with E-state index in [0.29, 0.717) is 16.3 Å². The fraction of sp³-hybridized carbons (Fsp3) is 0.250. The van der Waals surface area contributed by atoms with E-state index >= 15 is 0 Å². The van der Waals surface area contributed by atoms with Gasteiger partial charge >= 0.3 is 0 Å². The van der Waals surface area contributed by atoms with Gasteiger partial charge in [0.2, 0.25) is 0 Å². The first-order valence-corrected chi connectivity index (χ1v) is 5.61. The van der Waals surface area contributed by atoms with Gasteiger partial charge in [-0.15, -0.1) is 0 Å². The van der Waals surface area contributed by atoms with Crippen molar-refractivity contribution in [3.8, 4) is 5.75 Å². The van der Waals surface area contributed by atoms with Crippen LogP contribution in [0.15, 0.2) is 24.4 Å². The largest absolute Gasteiger partial charge is 0.494 e. The summed E-state index contributed by atoms with van der Waals surface area (Å²) in [6.07, 6.45) is 0.459. The lowest BCUT2D eigenvalue weighted by molar-refractivity contribution is 0.209. The normalized spacial score (nSPS) is 12.5. The number of ether oxygens (including phenoxy) is 1. The summed E-state index contributed by atoms with van der Waals surface area (Å²) in [6, 6.07) is 4.15. The second kappa shape index (κ2) is 4.96. The molecule has 4 nitrogen and oxygen atoms in total. The van der Waals surface area contributed by atoms with Gasteiger partial charge in [-0.2, -0.15) is 5.10 Å². The topological polar surface area (TPSA) is 47.3 Å². The van der Waals surface area contributed by atoms with Gasteiger partial charge in [0.1, 0.15) is 6.10 Å². The standard InChI is InChI=1S/C12H12ClFN2O2/c1-16-11(8(13)6-15-16)12(17)7-3-4-9(14)10(5-7)18-2/h3-6,12,17H,1-2H3. The molecule has 1 aromatic carbocycles. The van der Waals surface area contributed by atoms with Crippen molar-refractivity contribution in [1.82, 2.24) is 9.78 Å². The second-order valence-electron chi connectivity index (χ2n) is 3.80. The van der Waals surface area contributed by atoms with Gasteiger partial charge < -0.3 is 9.84 Å². The van der Waals surface area contributed by atoms with Gasteiger partial charge in [0.25, 0.3) is 0 Å². The number of methoxy groups -OCH3 is 1. The van der Waals surface area contributed by atoms with Crippen molar-refractivity contribution in [3.05, 3.63) is 46.5 Å². The number of nitrogens with zero attached hydrogens (tertiary/aromatic N) is 2. The summed E-state index contributed by atoms with van der Waals surface area (Å²) < 4.78 is 19.6. The lowest BCUT2D eigenvalue weighted by Crippen LogP contribution is -2.07. The SMILES string of the molecule is COc1cc(C(O)c2c(Cl)cnn2C)ccc1F. The minimum Gasteiger partial charge on any atom is -0.494 e. The van der Waals surface area contributed by atoms with E-state index in [-0.39, 0.29) is 5.75 Å². The zero-order valence-corrected chi connectivity index (χ0v) is 10.6. The van der Waals surface area contributed by atoms with Crippen molar-refractivity contribution >= 4 is 11.6 Å². The van der Waals surface area contributed by atoms with Crippen LogP contribution in [0.4, 0.5) is 4.39 Å². The van der Waals surface area contributed by atoms with Crippen molar-refractivity contribution in [2.24, 2.45) is 7.05 Å². The van der Waals surface area contributed by atoms with Gasteiger partial charge in [-0.3, -0.25) is 4.68 Å². The maximum absolute atomic E-state index is 13.3. The molecule has 18 heavy (non-hydrogen) atoms. The minimum absolute atomic E-state index is 0.0739. The van der Waals surface area contributed by atoms with Crippen molar-refractivity contribution in [1.29, 1.82) is 0 Å². The summed E-state index contributed by atoms with van der Waals surface area (Å²) in [6.45, 7) is 0. The van der Waals surface area contributed by atoms with Gasteiger partial charge in [0.15, 0.2) is 11.6 Å². The van der Waals surface area contributed by atoms with Gasteiger partial charge in [-0.1, -0.05) is 17.7 Å². The Morgan fingerprint density at radius 1 is 1.50 bits per heavy atom. The molecule has 0 saturated carbocycles. The Labute approximate surface area is 109 Å². The van der Waals surface area contributed by atoms with E-state index in [2.05, 4.69) is 5.10 Å². The molecule has 0 aliphatic rings. The second-order valence-corrected chi connectivity index (χ2v) is 4.21. The van der Waals surface area contributed by atoms with Crippen LogP contribution in [-0.2, 0) is 7.05 Å². The molecule has 0 aliphatic carbocycles. The van der Waals surface area contributed by atoms with Gasteiger partial charge in [0, 0.05) is 7.05 Å². The van der Waals surface area contributed by atoms with E-state index in [4.69, 9.17) is 16.3 Å². The fourth-order valence-electron chi connectivity index (χ4n) is 1.73. The number of rotatable bonds is 3. The lowest BCUT2D eigenvalue weighted by atomic mass is 10.1. The molecule has 0 saturated heterocycles.